The molecule has 0 atom stereocenters. The van der Waals surface area contributed by atoms with E-state index in [2.05, 4.69) is 48.4 Å². The molecule has 0 amide bonds. The molecule has 0 unspecified atom stereocenters. The largest absolute Gasteiger partial charge is 0.465 e. The fraction of sp³-hybridized carbons (Fsp3) is 0.375. The molecule has 0 fully saturated rings. The van der Waals surface area contributed by atoms with Gasteiger partial charge in [0.2, 0.25) is 0 Å². The topological polar surface area (TPSA) is 47.0 Å². The van der Waals surface area contributed by atoms with E-state index in [1.54, 1.807) is 0 Å². The van der Waals surface area contributed by atoms with Crippen molar-refractivity contribution in [3.63, 3.8) is 0 Å². The van der Waals surface area contributed by atoms with E-state index >= 15 is 0 Å². The summed E-state index contributed by atoms with van der Waals surface area (Å²) in [5.41, 5.74) is 1.24. The Morgan fingerprint density at radius 2 is 1.95 bits per heavy atom. The first kappa shape index (κ1) is 15.7. The van der Waals surface area contributed by atoms with Crippen molar-refractivity contribution in [2.45, 2.75) is 32.9 Å². The van der Waals surface area contributed by atoms with Gasteiger partial charge < -0.3 is 10.1 Å². The van der Waals surface area contributed by atoms with Crippen LogP contribution in [-0.4, -0.2) is 22.3 Å². The van der Waals surface area contributed by atoms with Crippen molar-refractivity contribution in [2.75, 3.05) is 6.61 Å². The number of hydrogen-bond acceptors (Lipinski definition) is 5. The summed E-state index contributed by atoms with van der Waals surface area (Å²) in [4.78, 5) is 0. The molecule has 0 aliphatic rings. The maximum absolute atomic E-state index is 5.57. The van der Waals surface area contributed by atoms with Gasteiger partial charge >= 0.3 is 0 Å². The first-order valence-electron chi connectivity index (χ1n) is 6.95. The molecule has 0 radical (unpaired) electrons. The van der Waals surface area contributed by atoms with Crippen molar-refractivity contribution in [3.05, 3.63) is 47.0 Å². The highest BCUT2D eigenvalue weighted by Crippen LogP contribution is 2.18. The van der Waals surface area contributed by atoms with Crippen molar-refractivity contribution in [1.29, 1.82) is 0 Å². The van der Waals surface area contributed by atoms with Crippen LogP contribution in [0.15, 0.2) is 36.4 Å². The van der Waals surface area contributed by atoms with Gasteiger partial charge in [-0.15, -0.1) is 5.10 Å². The Balaban J connectivity index is 1.77. The Labute approximate surface area is 129 Å². The third-order valence-electron chi connectivity index (χ3n) is 2.63. The first-order valence-corrected chi connectivity index (χ1v) is 7.76. The smallest absolute Gasteiger partial charge is 0.294 e. The Kier molecular flexibility index (Phi) is 5.47. The summed E-state index contributed by atoms with van der Waals surface area (Å²) in [6, 6.07) is 10.1. The molecule has 0 aliphatic carbocycles. The SMILES string of the molecule is CC(C)(C)NCc1nnc(OC/C=C/c2ccccc2)s1. The summed E-state index contributed by atoms with van der Waals surface area (Å²) in [5, 5.41) is 13.1. The molecule has 1 heterocycles. The third kappa shape index (κ3) is 6.06. The molecule has 1 N–H and O–H groups in total. The molecular weight excluding hydrogens is 282 g/mol. The van der Waals surface area contributed by atoms with Crippen LogP contribution in [-0.2, 0) is 6.54 Å². The molecule has 5 heteroatoms. The Morgan fingerprint density at radius 1 is 1.19 bits per heavy atom. The van der Waals surface area contributed by atoms with Gasteiger partial charge in [0.1, 0.15) is 11.6 Å². The fourth-order valence-corrected chi connectivity index (χ4v) is 2.21. The number of ether oxygens (including phenoxy) is 1. The summed E-state index contributed by atoms with van der Waals surface area (Å²) < 4.78 is 5.57. The molecule has 21 heavy (non-hydrogen) atoms. The molecule has 1 aromatic heterocycles. The summed E-state index contributed by atoms with van der Waals surface area (Å²) in [6.45, 7) is 7.58. The van der Waals surface area contributed by atoms with Crippen LogP contribution in [0.2, 0.25) is 0 Å². The van der Waals surface area contributed by atoms with Crippen molar-refractivity contribution in [1.82, 2.24) is 15.5 Å². The second-order valence-corrected chi connectivity index (χ2v) is 6.71. The van der Waals surface area contributed by atoms with Gasteiger partial charge in [-0.05, 0) is 32.4 Å². The molecule has 2 rings (SSSR count). The van der Waals surface area contributed by atoms with Crippen LogP contribution in [0.25, 0.3) is 6.08 Å². The zero-order valence-corrected chi connectivity index (χ0v) is 13.5. The van der Waals surface area contributed by atoms with Crippen LogP contribution in [0.5, 0.6) is 5.19 Å². The van der Waals surface area contributed by atoms with E-state index in [4.69, 9.17) is 4.74 Å². The van der Waals surface area contributed by atoms with Gasteiger partial charge in [0.05, 0.1) is 6.54 Å². The highest BCUT2D eigenvalue weighted by molar-refractivity contribution is 7.13. The minimum Gasteiger partial charge on any atom is -0.465 e. The minimum atomic E-state index is 0.0745. The Hall–Kier alpha value is -1.72. The highest BCUT2D eigenvalue weighted by Gasteiger charge is 2.11. The molecule has 0 bridgehead atoms. The Morgan fingerprint density at radius 3 is 2.67 bits per heavy atom. The van der Waals surface area contributed by atoms with Gasteiger partial charge in [0.15, 0.2) is 0 Å². The summed E-state index contributed by atoms with van der Waals surface area (Å²) in [5.74, 6) is 0. The first-order chi connectivity index (χ1) is 10.0. The maximum atomic E-state index is 5.57. The van der Waals surface area contributed by atoms with Crippen LogP contribution in [0.4, 0.5) is 0 Å². The average Bonchev–Trinajstić information content (AvgIpc) is 2.90. The normalized spacial score (nSPS) is 12.0. The molecule has 0 spiro atoms. The van der Waals surface area contributed by atoms with Crippen molar-refractivity contribution < 1.29 is 4.74 Å². The second-order valence-electron chi connectivity index (χ2n) is 5.69. The predicted molar refractivity (Wildman–Crippen MR) is 87.5 cm³/mol. The highest BCUT2D eigenvalue weighted by atomic mass is 32.1. The molecule has 4 nitrogen and oxygen atoms in total. The predicted octanol–water partition coefficient (Wildman–Crippen LogP) is 3.52. The number of rotatable bonds is 6. The monoisotopic (exact) mass is 303 g/mol. The number of hydrogen-bond donors (Lipinski definition) is 1. The maximum Gasteiger partial charge on any atom is 0.294 e. The van der Waals surface area contributed by atoms with E-state index in [-0.39, 0.29) is 5.54 Å². The van der Waals surface area contributed by atoms with Gasteiger partial charge in [-0.25, -0.2) is 0 Å². The minimum absolute atomic E-state index is 0.0745. The Bertz CT molecular complexity index is 573. The van der Waals surface area contributed by atoms with Gasteiger partial charge in [-0.2, -0.15) is 0 Å². The fourth-order valence-electron chi connectivity index (χ4n) is 1.58. The number of benzene rings is 1. The van der Waals surface area contributed by atoms with Crippen LogP contribution < -0.4 is 10.1 Å². The summed E-state index contributed by atoms with van der Waals surface area (Å²) in [6.07, 6.45) is 4.01. The van der Waals surface area contributed by atoms with Gasteiger partial charge in [0, 0.05) is 5.54 Å². The lowest BCUT2D eigenvalue weighted by molar-refractivity contribution is 0.358. The van der Waals surface area contributed by atoms with Crippen molar-refractivity contribution in [3.8, 4) is 5.19 Å². The van der Waals surface area contributed by atoms with Crippen LogP contribution in [0.1, 0.15) is 31.3 Å². The molecule has 0 aliphatic heterocycles. The number of nitrogens with zero attached hydrogens (tertiary/aromatic N) is 2. The summed E-state index contributed by atoms with van der Waals surface area (Å²) in [7, 11) is 0. The molecule has 1 aromatic carbocycles. The van der Waals surface area contributed by atoms with E-state index in [9.17, 15) is 0 Å². The van der Waals surface area contributed by atoms with Gasteiger partial charge in [-0.3, -0.25) is 0 Å². The average molecular weight is 303 g/mol. The number of aromatic nitrogens is 2. The zero-order valence-electron chi connectivity index (χ0n) is 12.7. The standard InChI is InChI=1S/C16H21N3OS/c1-16(2,3)17-12-14-18-19-15(21-14)20-11-7-10-13-8-5-4-6-9-13/h4-10,17H,11-12H2,1-3H3/b10-7+. The molecule has 112 valence electrons. The zero-order chi connectivity index (χ0) is 15.1. The van der Waals surface area contributed by atoms with Gasteiger partial charge in [0.25, 0.3) is 5.19 Å². The quantitative estimate of drug-likeness (QED) is 0.887. The lowest BCUT2D eigenvalue weighted by atomic mass is 10.1. The van der Waals surface area contributed by atoms with Crippen molar-refractivity contribution in [2.24, 2.45) is 0 Å². The third-order valence-corrected chi connectivity index (χ3v) is 3.47. The van der Waals surface area contributed by atoms with Crippen LogP contribution in [0, 0.1) is 0 Å². The van der Waals surface area contributed by atoms with Crippen LogP contribution in [0.3, 0.4) is 0 Å². The molecular formula is C16H21N3OS. The number of nitrogens with one attached hydrogen (secondary N) is 1. The van der Waals surface area contributed by atoms with E-state index in [0.29, 0.717) is 18.3 Å². The van der Waals surface area contributed by atoms with Crippen molar-refractivity contribution >= 4 is 17.4 Å². The molecule has 2 aromatic rings. The lowest BCUT2D eigenvalue weighted by Gasteiger charge is -2.19. The van der Waals surface area contributed by atoms with E-state index in [1.165, 1.54) is 11.3 Å². The van der Waals surface area contributed by atoms with E-state index in [1.807, 2.05) is 30.4 Å². The summed E-state index contributed by atoms with van der Waals surface area (Å²) >= 11 is 1.48. The van der Waals surface area contributed by atoms with Crippen LogP contribution >= 0.6 is 11.3 Å². The van der Waals surface area contributed by atoms with E-state index in [0.717, 1.165) is 10.6 Å². The second kappa shape index (κ2) is 7.33. The lowest BCUT2D eigenvalue weighted by Crippen LogP contribution is -2.35. The molecule has 0 saturated heterocycles. The van der Waals surface area contributed by atoms with Gasteiger partial charge in [-0.1, -0.05) is 52.8 Å². The molecule has 0 saturated carbocycles. The van der Waals surface area contributed by atoms with E-state index < -0.39 is 0 Å².